The van der Waals surface area contributed by atoms with Gasteiger partial charge in [-0.2, -0.15) is 5.10 Å². The summed E-state index contributed by atoms with van der Waals surface area (Å²) >= 11 is 5.74. The van der Waals surface area contributed by atoms with Crippen molar-refractivity contribution in [1.82, 2.24) is 15.1 Å². The molecule has 0 bridgehead atoms. The zero-order valence-electron chi connectivity index (χ0n) is 8.78. The number of aromatic nitrogens is 2. The van der Waals surface area contributed by atoms with Crippen LogP contribution in [0, 0.1) is 0 Å². The summed E-state index contributed by atoms with van der Waals surface area (Å²) in [6, 6.07) is 1.85. The largest absolute Gasteiger partial charge is 0.396 e. The van der Waals surface area contributed by atoms with Crippen molar-refractivity contribution in [2.45, 2.75) is 18.8 Å². The molecule has 0 aromatic carbocycles. The summed E-state index contributed by atoms with van der Waals surface area (Å²) in [4.78, 5) is 2.32. The van der Waals surface area contributed by atoms with Gasteiger partial charge in [-0.25, -0.2) is 0 Å². The lowest BCUT2D eigenvalue weighted by Crippen LogP contribution is -2.29. The predicted octanol–water partition coefficient (Wildman–Crippen LogP) is 1.52. The van der Waals surface area contributed by atoms with Crippen molar-refractivity contribution < 1.29 is 0 Å². The SMILES string of the molecule is CN1CCC(c2cc(N)c(Cl)nn2)CC1. The molecule has 1 saturated heterocycles. The highest BCUT2D eigenvalue weighted by atomic mass is 35.5. The molecular weight excluding hydrogens is 212 g/mol. The Bertz CT molecular complexity index is 347. The smallest absolute Gasteiger partial charge is 0.174 e. The van der Waals surface area contributed by atoms with Crippen LogP contribution in [-0.4, -0.2) is 35.2 Å². The number of hydrogen-bond acceptors (Lipinski definition) is 4. The fourth-order valence-corrected chi connectivity index (χ4v) is 2.00. The van der Waals surface area contributed by atoms with Gasteiger partial charge in [-0.1, -0.05) is 11.6 Å². The Morgan fingerprint density at radius 3 is 2.67 bits per heavy atom. The van der Waals surface area contributed by atoms with Crippen LogP contribution < -0.4 is 5.73 Å². The molecule has 82 valence electrons. The summed E-state index contributed by atoms with van der Waals surface area (Å²) in [6.07, 6.45) is 2.23. The minimum atomic E-state index is 0.298. The van der Waals surface area contributed by atoms with E-state index in [9.17, 15) is 0 Å². The fourth-order valence-electron chi connectivity index (χ4n) is 1.91. The highest BCUT2D eigenvalue weighted by Gasteiger charge is 2.20. The van der Waals surface area contributed by atoms with E-state index in [0.717, 1.165) is 31.6 Å². The number of rotatable bonds is 1. The van der Waals surface area contributed by atoms with Gasteiger partial charge in [-0.15, -0.1) is 5.10 Å². The molecule has 0 unspecified atom stereocenters. The van der Waals surface area contributed by atoms with E-state index >= 15 is 0 Å². The van der Waals surface area contributed by atoms with Crippen molar-refractivity contribution in [3.63, 3.8) is 0 Å². The molecule has 2 rings (SSSR count). The van der Waals surface area contributed by atoms with Crippen LogP contribution >= 0.6 is 11.6 Å². The molecule has 1 aromatic rings. The van der Waals surface area contributed by atoms with E-state index in [0.29, 0.717) is 16.8 Å². The van der Waals surface area contributed by atoms with E-state index in [1.165, 1.54) is 0 Å². The van der Waals surface area contributed by atoms with E-state index in [4.69, 9.17) is 17.3 Å². The summed E-state index contributed by atoms with van der Waals surface area (Å²) in [6.45, 7) is 2.21. The molecule has 0 amide bonds. The van der Waals surface area contributed by atoms with Crippen LogP contribution in [0.4, 0.5) is 5.69 Å². The number of halogens is 1. The third-order valence-corrected chi connectivity index (χ3v) is 3.23. The first kappa shape index (κ1) is 10.6. The predicted molar refractivity (Wildman–Crippen MR) is 60.9 cm³/mol. The lowest BCUT2D eigenvalue weighted by atomic mass is 9.93. The number of nitrogen functional groups attached to an aromatic ring is 1. The Balaban J connectivity index is 2.12. The average Bonchev–Trinajstić information content (AvgIpc) is 2.23. The number of piperidine rings is 1. The quantitative estimate of drug-likeness (QED) is 0.789. The molecule has 0 saturated carbocycles. The lowest BCUT2D eigenvalue weighted by molar-refractivity contribution is 0.253. The van der Waals surface area contributed by atoms with Gasteiger partial charge in [0.2, 0.25) is 0 Å². The van der Waals surface area contributed by atoms with E-state index in [-0.39, 0.29) is 0 Å². The Morgan fingerprint density at radius 2 is 2.07 bits per heavy atom. The summed E-state index contributed by atoms with van der Waals surface area (Å²) < 4.78 is 0. The van der Waals surface area contributed by atoms with Crippen LogP contribution in [0.5, 0.6) is 0 Å². The van der Waals surface area contributed by atoms with Gasteiger partial charge >= 0.3 is 0 Å². The highest BCUT2D eigenvalue weighted by Crippen LogP contribution is 2.27. The number of hydrogen-bond donors (Lipinski definition) is 1. The van der Waals surface area contributed by atoms with E-state index in [2.05, 4.69) is 22.1 Å². The molecule has 1 fully saturated rings. The molecule has 1 aliphatic heterocycles. The van der Waals surface area contributed by atoms with E-state index in [1.807, 2.05) is 6.07 Å². The number of nitrogens with two attached hydrogens (primary N) is 1. The van der Waals surface area contributed by atoms with Crippen molar-refractivity contribution in [1.29, 1.82) is 0 Å². The third kappa shape index (κ3) is 2.38. The van der Waals surface area contributed by atoms with Crippen molar-refractivity contribution in [3.05, 3.63) is 16.9 Å². The van der Waals surface area contributed by atoms with Gasteiger partial charge in [0.15, 0.2) is 5.15 Å². The minimum Gasteiger partial charge on any atom is -0.396 e. The monoisotopic (exact) mass is 226 g/mol. The Morgan fingerprint density at radius 1 is 1.40 bits per heavy atom. The molecular formula is C10H15ClN4. The Hall–Kier alpha value is -0.870. The summed E-state index contributed by atoms with van der Waals surface area (Å²) in [5.41, 5.74) is 7.21. The fraction of sp³-hybridized carbons (Fsp3) is 0.600. The summed E-state index contributed by atoms with van der Waals surface area (Å²) in [5, 5.41) is 8.25. The second-order valence-electron chi connectivity index (χ2n) is 4.09. The molecule has 1 aliphatic rings. The van der Waals surface area contributed by atoms with Crippen molar-refractivity contribution in [2.24, 2.45) is 0 Å². The summed E-state index contributed by atoms with van der Waals surface area (Å²) in [5.74, 6) is 0.480. The second kappa shape index (κ2) is 4.33. The normalized spacial score (nSPS) is 19.3. The van der Waals surface area contributed by atoms with Gasteiger partial charge in [-0.3, -0.25) is 0 Å². The van der Waals surface area contributed by atoms with Crippen LogP contribution in [0.3, 0.4) is 0 Å². The molecule has 0 spiro atoms. The van der Waals surface area contributed by atoms with Gasteiger partial charge in [0.25, 0.3) is 0 Å². The maximum Gasteiger partial charge on any atom is 0.174 e. The van der Waals surface area contributed by atoms with Crippen LogP contribution in [0.2, 0.25) is 5.15 Å². The molecule has 1 aromatic heterocycles. The topological polar surface area (TPSA) is 55.0 Å². The molecule has 0 aliphatic carbocycles. The van der Waals surface area contributed by atoms with E-state index < -0.39 is 0 Å². The maximum atomic E-state index is 5.74. The first-order valence-electron chi connectivity index (χ1n) is 5.14. The number of likely N-dealkylation sites (tertiary alicyclic amines) is 1. The van der Waals surface area contributed by atoms with Gasteiger partial charge < -0.3 is 10.6 Å². The maximum absolute atomic E-state index is 5.74. The summed E-state index contributed by atoms with van der Waals surface area (Å²) in [7, 11) is 2.14. The standard InChI is InChI=1S/C10H15ClN4/c1-15-4-2-7(3-5-15)9-6-8(12)10(11)14-13-9/h6-7H,2-5H2,1H3,(H2,12,13). The number of nitrogens with zero attached hydrogens (tertiary/aromatic N) is 3. The van der Waals surface area contributed by atoms with Crippen LogP contribution in [-0.2, 0) is 0 Å². The van der Waals surface area contributed by atoms with Crippen molar-refractivity contribution >= 4 is 17.3 Å². The minimum absolute atomic E-state index is 0.298. The first-order valence-corrected chi connectivity index (χ1v) is 5.52. The molecule has 2 N–H and O–H groups in total. The zero-order chi connectivity index (χ0) is 10.8. The van der Waals surface area contributed by atoms with Gasteiger partial charge in [0, 0.05) is 5.92 Å². The van der Waals surface area contributed by atoms with Crippen LogP contribution in [0.15, 0.2) is 6.07 Å². The lowest BCUT2D eigenvalue weighted by Gasteiger charge is -2.28. The van der Waals surface area contributed by atoms with Crippen LogP contribution in [0.1, 0.15) is 24.5 Å². The van der Waals surface area contributed by atoms with Gasteiger partial charge in [0.05, 0.1) is 11.4 Å². The van der Waals surface area contributed by atoms with E-state index in [1.54, 1.807) is 0 Å². The molecule has 0 radical (unpaired) electrons. The Kier molecular flexibility index (Phi) is 3.07. The van der Waals surface area contributed by atoms with Gasteiger partial charge in [0.1, 0.15) is 0 Å². The average molecular weight is 227 g/mol. The van der Waals surface area contributed by atoms with Crippen LogP contribution in [0.25, 0.3) is 0 Å². The molecule has 0 atom stereocenters. The molecule has 15 heavy (non-hydrogen) atoms. The highest BCUT2D eigenvalue weighted by molar-refractivity contribution is 6.31. The number of anilines is 1. The zero-order valence-corrected chi connectivity index (χ0v) is 9.54. The van der Waals surface area contributed by atoms with Crippen molar-refractivity contribution in [2.75, 3.05) is 25.9 Å². The van der Waals surface area contributed by atoms with Gasteiger partial charge in [-0.05, 0) is 39.0 Å². The third-order valence-electron chi connectivity index (χ3n) is 2.93. The molecule has 4 nitrogen and oxygen atoms in total. The first-order chi connectivity index (χ1) is 7.16. The molecule has 2 heterocycles. The second-order valence-corrected chi connectivity index (χ2v) is 4.45. The Labute approximate surface area is 94.4 Å². The van der Waals surface area contributed by atoms with Crippen molar-refractivity contribution in [3.8, 4) is 0 Å². The molecule has 5 heteroatoms.